The Morgan fingerprint density at radius 3 is 2.94 bits per heavy atom. The third kappa shape index (κ3) is 4.48. The van der Waals surface area contributed by atoms with Gasteiger partial charge >= 0.3 is 6.09 Å². The van der Waals surface area contributed by atoms with E-state index in [9.17, 15) is 9.59 Å². The van der Waals surface area contributed by atoms with Crippen LogP contribution in [0.25, 0.3) is 0 Å². The Morgan fingerprint density at radius 1 is 1.38 bits per heavy atom. The van der Waals surface area contributed by atoms with Crippen LogP contribution in [0.3, 0.4) is 0 Å². The number of alkyl carbamates (subject to hydrolysis) is 1. The first kappa shape index (κ1) is 12.8. The minimum atomic E-state index is -0.538. The van der Waals surface area contributed by atoms with Crippen molar-refractivity contribution in [2.24, 2.45) is 0 Å². The zero-order chi connectivity index (χ0) is 11.8. The van der Waals surface area contributed by atoms with Crippen LogP contribution in [0.4, 0.5) is 4.79 Å². The molecule has 6 heteroatoms. The van der Waals surface area contributed by atoms with Gasteiger partial charge in [-0.05, 0) is 19.9 Å². The number of hydrogen-bond acceptors (Lipinski definition) is 4. The van der Waals surface area contributed by atoms with Gasteiger partial charge in [-0.2, -0.15) is 0 Å². The third-order valence-electron chi connectivity index (χ3n) is 2.34. The summed E-state index contributed by atoms with van der Waals surface area (Å²) in [5.41, 5.74) is 0. The van der Waals surface area contributed by atoms with Crippen molar-refractivity contribution in [2.75, 3.05) is 39.3 Å². The van der Waals surface area contributed by atoms with Crippen LogP contribution in [0.1, 0.15) is 13.3 Å². The van der Waals surface area contributed by atoms with Crippen molar-refractivity contribution in [3.05, 3.63) is 0 Å². The molecule has 0 saturated carbocycles. The molecule has 1 saturated heterocycles. The molecule has 0 bridgehead atoms. The quantitative estimate of drug-likeness (QED) is 0.688. The first-order valence-corrected chi connectivity index (χ1v) is 5.63. The van der Waals surface area contributed by atoms with E-state index in [1.165, 1.54) is 0 Å². The van der Waals surface area contributed by atoms with Crippen LogP contribution in [0.2, 0.25) is 0 Å². The number of nitrogens with one attached hydrogen (secondary N) is 2. The van der Waals surface area contributed by atoms with Crippen molar-refractivity contribution in [3.63, 3.8) is 0 Å². The Morgan fingerprint density at radius 2 is 2.19 bits per heavy atom. The number of carbonyl (C=O) groups excluding carboxylic acids is 2. The summed E-state index contributed by atoms with van der Waals surface area (Å²) in [5.74, 6) is -0.130. The summed E-state index contributed by atoms with van der Waals surface area (Å²) in [5, 5.41) is 5.68. The molecule has 0 radical (unpaired) electrons. The van der Waals surface area contributed by atoms with E-state index < -0.39 is 6.09 Å². The van der Waals surface area contributed by atoms with Crippen molar-refractivity contribution < 1.29 is 14.3 Å². The molecule has 1 fully saturated rings. The molecular weight excluding hydrogens is 210 g/mol. The van der Waals surface area contributed by atoms with Crippen molar-refractivity contribution in [2.45, 2.75) is 13.3 Å². The molecule has 0 aromatic heterocycles. The molecular formula is C10H19N3O3. The van der Waals surface area contributed by atoms with Gasteiger partial charge in [-0.25, -0.2) is 4.79 Å². The monoisotopic (exact) mass is 229 g/mol. The van der Waals surface area contributed by atoms with Gasteiger partial charge in [0.15, 0.2) is 6.61 Å². The van der Waals surface area contributed by atoms with Gasteiger partial charge in [-0.3, -0.25) is 4.79 Å². The highest BCUT2D eigenvalue weighted by molar-refractivity contribution is 5.80. The second-order valence-corrected chi connectivity index (χ2v) is 3.59. The summed E-state index contributed by atoms with van der Waals surface area (Å²) in [6.07, 6.45) is 0.399. The predicted molar refractivity (Wildman–Crippen MR) is 59.1 cm³/mol. The molecule has 0 aromatic rings. The number of ether oxygens (including phenoxy) is 1. The number of amides is 2. The van der Waals surface area contributed by atoms with Crippen molar-refractivity contribution in [3.8, 4) is 0 Å². The molecule has 1 rings (SSSR count). The van der Waals surface area contributed by atoms with Crippen LogP contribution in [-0.2, 0) is 9.53 Å². The summed E-state index contributed by atoms with van der Waals surface area (Å²) < 4.78 is 4.78. The van der Waals surface area contributed by atoms with Gasteiger partial charge < -0.3 is 20.3 Å². The Bertz CT molecular complexity index is 237. The number of nitrogens with zero attached hydrogens (tertiary/aromatic N) is 1. The summed E-state index contributed by atoms with van der Waals surface area (Å²) in [6, 6.07) is 0. The van der Waals surface area contributed by atoms with E-state index >= 15 is 0 Å². The Balaban J connectivity index is 2.25. The molecule has 6 nitrogen and oxygen atoms in total. The summed E-state index contributed by atoms with van der Waals surface area (Å²) in [7, 11) is 0. The highest BCUT2D eigenvalue weighted by atomic mass is 16.6. The minimum absolute atomic E-state index is 0.130. The molecule has 1 aliphatic rings. The largest absolute Gasteiger partial charge is 0.439 e. The average molecular weight is 229 g/mol. The highest BCUT2D eigenvalue weighted by Gasteiger charge is 2.16. The zero-order valence-electron chi connectivity index (χ0n) is 9.62. The molecule has 2 N–H and O–H groups in total. The second kappa shape index (κ2) is 7.05. The summed E-state index contributed by atoms with van der Waals surface area (Å²) >= 11 is 0. The molecule has 0 spiro atoms. The van der Waals surface area contributed by atoms with Gasteiger partial charge in [-0.1, -0.05) is 0 Å². The van der Waals surface area contributed by atoms with Gasteiger partial charge in [0.2, 0.25) is 0 Å². The van der Waals surface area contributed by atoms with Crippen molar-refractivity contribution in [1.82, 2.24) is 15.5 Å². The average Bonchev–Trinajstić information content (AvgIpc) is 2.55. The van der Waals surface area contributed by atoms with E-state index in [2.05, 4.69) is 10.6 Å². The van der Waals surface area contributed by atoms with Gasteiger partial charge in [-0.15, -0.1) is 0 Å². The van der Waals surface area contributed by atoms with Crippen molar-refractivity contribution in [1.29, 1.82) is 0 Å². The van der Waals surface area contributed by atoms with Crippen LogP contribution < -0.4 is 10.6 Å². The number of rotatable bonds is 3. The molecule has 1 heterocycles. The van der Waals surface area contributed by atoms with Gasteiger partial charge in [0.1, 0.15) is 0 Å². The van der Waals surface area contributed by atoms with Crippen LogP contribution in [0, 0.1) is 0 Å². The minimum Gasteiger partial charge on any atom is -0.439 e. The number of carbonyl (C=O) groups is 2. The maximum atomic E-state index is 11.7. The Hall–Kier alpha value is -1.30. The van der Waals surface area contributed by atoms with E-state index in [4.69, 9.17) is 4.74 Å². The fraction of sp³-hybridized carbons (Fsp3) is 0.800. The second-order valence-electron chi connectivity index (χ2n) is 3.59. The molecule has 0 aromatic carbocycles. The van der Waals surface area contributed by atoms with Gasteiger partial charge in [0.05, 0.1) is 0 Å². The van der Waals surface area contributed by atoms with E-state index in [1.807, 2.05) is 0 Å². The maximum Gasteiger partial charge on any atom is 0.407 e. The van der Waals surface area contributed by atoms with Gasteiger partial charge in [0.25, 0.3) is 5.91 Å². The van der Waals surface area contributed by atoms with E-state index in [-0.39, 0.29) is 12.5 Å². The van der Waals surface area contributed by atoms with Crippen molar-refractivity contribution >= 4 is 12.0 Å². The van der Waals surface area contributed by atoms with Crippen LogP contribution in [-0.4, -0.2) is 56.2 Å². The first-order chi connectivity index (χ1) is 7.74. The standard InChI is InChI=1S/C10H19N3O3/c1-2-12-10(15)16-8-9(14)13-6-3-4-11-5-7-13/h11H,2-8H2,1H3,(H,12,15). The van der Waals surface area contributed by atoms with E-state index in [1.54, 1.807) is 11.8 Å². The van der Waals surface area contributed by atoms with Gasteiger partial charge in [0, 0.05) is 26.2 Å². The molecule has 0 atom stereocenters. The molecule has 0 unspecified atom stereocenters. The summed E-state index contributed by atoms with van der Waals surface area (Å²) in [4.78, 5) is 24.4. The van der Waals surface area contributed by atoms with Crippen LogP contribution >= 0.6 is 0 Å². The fourth-order valence-corrected chi connectivity index (χ4v) is 1.51. The topological polar surface area (TPSA) is 70.7 Å². The Labute approximate surface area is 95.3 Å². The normalized spacial score (nSPS) is 16.4. The zero-order valence-corrected chi connectivity index (χ0v) is 9.62. The highest BCUT2D eigenvalue weighted by Crippen LogP contribution is 1.96. The Kier molecular flexibility index (Phi) is 5.63. The summed E-state index contributed by atoms with van der Waals surface area (Å²) in [6.45, 7) is 5.26. The molecule has 2 amide bonds. The smallest absolute Gasteiger partial charge is 0.407 e. The maximum absolute atomic E-state index is 11.7. The number of hydrogen-bond donors (Lipinski definition) is 2. The molecule has 92 valence electrons. The first-order valence-electron chi connectivity index (χ1n) is 5.63. The predicted octanol–water partition coefficient (Wildman–Crippen LogP) is -0.446. The molecule has 1 aliphatic heterocycles. The third-order valence-corrected chi connectivity index (χ3v) is 2.34. The fourth-order valence-electron chi connectivity index (χ4n) is 1.51. The lowest BCUT2D eigenvalue weighted by atomic mass is 10.4. The van der Waals surface area contributed by atoms with Crippen LogP contribution in [0.15, 0.2) is 0 Å². The lowest BCUT2D eigenvalue weighted by Crippen LogP contribution is -2.38. The lowest BCUT2D eigenvalue weighted by Gasteiger charge is -2.19. The van der Waals surface area contributed by atoms with E-state index in [0.29, 0.717) is 13.1 Å². The van der Waals surface area contributed by atoms with E-state index in [0.717, 1.165) is 26.1 Å². The molecule has 16 heavy (non-hydrogen) atoms. The SMILES string of the molecule is CCNC(=O)OCC(=O)N1CCCNCC1. The lowest BCUT2D eigenvalue weighted by molar-refractivity contribution is -0.134. The van der Waals surface area contributed by atoms with Crippen LogP contribution in [0.5, 0.6) is 0 Å². The molecule has 0 aliphatic carbocycles.